The van der Waals surface area contributed by atoms with Crippen LogP contribution >= 0.6 is 23.5 Å². The highest BCUT2D eigenvalue weighted by Gasteiger charge is 2.59. The summed E-state index contributed by atoms with van der Waals surface area (Å²) in [7, 11) is 0. The van der Waals surface area contributed by atoms with Gasteiger partial charge in [-0.15, -0.1) is 11.8 Å². The second kappa shape index (κ2) is 9.06. The number of rotatable bonds is 6. The van der Waals surface area contributed by atoms with Gasteiger partial charge in [-0.3, -0.25) is 14.4 Å². The van der Waals surface area contributed by atoms with E-state index in [-0.39, 0.29) is 28.7 Å². The molecule has 2 aromatic rings. The fraction of sp³-hybridized carbons (Fsp3) is 0.348. The third-order valence-electron chi connectivity index (χ3n) is 5.61. The number of hydrogen-bond donors (Lipinski definition) is 1. The van der Waals surface area contributed by atoms with E-state index in [1.165, 1.54) is 16.7 Å². The van der Waals surface area contributed by atoms with Crippen LogP contribution < -0.4 is 5.73 Å². The number of esters is 1. The van der Waals surface area contributed by atoms with Crippen LogP contribution in [0, 0.1) is 5.41 Å². The molecule has 2 aromatic carbocycles. The van der Waals surface area contributed by atoms with Gasteiger partial charge in [0.1, 0.15) is 11.4 Å². The Balaban J connectivity index is 1.66. The first-order valence-corrected chi connectivity index (χ1v) is 12.2. The van der Waals surface area contributed by atoms with Crippen LogP contribution in [0.1, 0.15) is 24.2 Å². The van der Waals surface area contributed by atoms with Crippen LogP contribution in [0.25, 0.3) is 0 Å². The summed E-state index contributed by atoms with van der Waals surface area (Å²) >= 11 is 2.47. The zero-order valence-corrected chi connectivity index (χ0v) is 18.7. The van der Waals surface area contributed by atoms with Crippen molar-refractivity contribution >= 4 is 40.5 Å². The molecule has 0 saturated carbocycles. The smallest absolute Gasteiger partial charge is 0.324 e. The Hall–Kier alpha value is -2.29. The number of carbonyl (C=O) groups excluding carboxylic acids is 3. The number of ether oxygens (including phenoxy) is 1. The molecule has 4 rings (SSSR count). The van der Waals surface area contributed by atoms with Crippen molar-refractivity contribution in [2.45, 2.75) is 24.4 Å². The van der Waals surface area contributed by atoms with Gasteiger partial charge < -0.3 is 15.4 Å². The summed E-state index contributed by atoms with van der Waals surface area (Å²) < 4.78 is 6.05. The van der Waals surface area contributed by atoms with Crippen LogP contribution in [0.3, 0.4) is 0 Å². The Kier molecular flexibility index (Phi) is 6.41. The third kappa shape index (κ3) is 4.00. The molecule has 8 heteroatoms. The lowest BCUT2D eigenvalue weighted by atomic mass is 9.88. The summed E-state index contributed by atoms with van der Waals surface area (Å²) in [5.74, 6) is -0.0477. The predicted octanol–water partition coefficient (Wildman–Crippen LogP) is 2.83. The molecular weight excluding hydrogens is 432 g/mol. The number of hydrogen-bond acceptors (Lipinski definition) is 7. The molecule has 2 unspecified atom stereocenters. The summed E-state index contributed by atoms with van der Waals surface area (Å²) in [6.45, 7) is 1.87. The van der Waals surface area contributed by atoms with Crippen molar-refractivity contribution in [2.75, 3.05) is 18.1 Å². The first-order chi connectivity index (χ1) is 15.0. The molecule has 2 N–H and O–H groups in total. The molecule has 1 amide bonds. The van der Waals surface area contributed by atoms with Crippen LogP contribution in [0.5, 0.6) is 0 Å². The third-order valence-corrected chi connectivity index (χ3v) is 8.10. The van der Waals surface area contributed by atoms with E-state index in [1.54, 1.807) is 0 Å². The van der Waals surface area contributed by atoms with Crippen molar-refractivity contribution in [2.24, 2.45) is 11.1 Å². The quantitative estimate of drug-likeness (QED) is 0.406. The van der Waals surface area contributed by atoms with Crippen LogP contribution in [0.4, 0.5) is 0 Å². The fourth-order valence-electron chi connectivity index (χ4n) is 3.88. The zero-order chi connectivity index (χ0) is 22.0. The molecule has 3 atom stereocenters. The minimum Gasteiger partial charge on any atom is -0.452 e. The highest BCUT2D eigenvalue weighted by atomic mass is 32.2. The Morgan fingerprint density at radius 2 is 1.74 bits per heavy atom. The van der Waals surface area contributed by atoms with Gasteiger partial charge in [0.05, 0.1) is 0 Å². The molecule has 0 bridgehead atoms. The van der Waals surface area contributed by atoms with E-state index in [4.69, 9.17) is 10.5 Å². The summed E-state index contributed by atoms with van der Waals surface area (Å²) in [4.78, 5) is 40.6. The first kappa shape index (κ1) is 21.9. The number of benzene rings is 2. The topological polar surface area (TPSA) is 89.7 Å². The molecule has 6 nitrogen and oxygen atoms in total. The molecule has 2 fully saturated rings. The zero-order valence-electron chi connectivity index (χ0n) is 17.1. The van der Waals surface area contributed by atoms with Gasteiger partial charge in [0.25, 0.3) is 0 Å². The van der Waals surface area contributed by atoms with Gasteiger partial charge in [-0.1, -0.05) is 79.3 Å². The molecular formula is C23H24N2O4S2. The van der Waals surface area contributed by atoms with E-state index in [2.05, 4.69) is 0 Å². The van der Waals surface area contributed by atoms with Crippen molar-refractivity contribution < 1.29 is 19.1 Å². The number of thioether (sulfide) groups is 2. The van der Waals surface area contributed by atoms with E-state index in [1.807, 2.05) is 67.6 Å². The number of nitrogens with zero attached hydrogens (tertiary/aromatic N) is 1. The van der Waals surface area contributed by atoms with Gasteiger partial charge in [0.15, 0.2) is 11.5 Å². The Labute approximate surface area is 189 Å². The molecule has 162 valence electrons. The number of carbonyl (C=O) groups is 3. The van der Waals surface area contributed by atoms with Crippen molar-refractivity contribution in [3.63, 3.8) is 0 Å². The van der Waals surface area contributed by atoms with Crippen LogP contribution in [0.15, 0.2) is 60.7 Å². The Morgan fingerprint density at radius 1 is 1.16 bits per heavy atom. The molecule has 0 radical (unpaired) electrons. The number of amides is 1. The van der Waals surface area contributed by atoms with E-state index in [9.17, 15) is 14.4 Å². The second-order valence-electron chi connectivity index (χ2n) is 7.60. The van der Waals surface area contributed by atoms with Crippen LogP contribution in [-0.2, 0) is 19.1 Å². The number of β-lactam (4-membered cyclic amide) rings is 1. The summed E-state index contributed by atoms with van der Waals surface area (Å²) in [6.07, 6.45) is -0.650. The number of fused-ring (bicyclic) bond motifs is 1. The van der Waals surface area contributed by atoms with Gasteiger partial charge >= 0.3 is 5.97 Å². The van der Waals surface area contributed by atoms with Gasteiger partial charge in [-0.05, 0) is 16.9 Å². The molecule has 2 saturated heterocycles. The maximum atomic E-state index is 13.6. The van der Waals surface area contributed by atoms with Crippen molar-refractivity contribution in [3.05, 3.63) is 71.8 Å². The van der Waals surface area contributed by atoms with Gasteiger partial charge in [0.2, 0.25) is 11.0 Å². The van der Waals surface area contributed by atoms with Crippen LogP contribution in [0.2, 0.25) is 0 Å². The van der Waals surface area contributed by atoms with E-state index < -0.39 is 23.5 Å². The molecule has 31 heavy (non-hydrogen) atoms. The first-order valence-electron chi connectivity index (χ1n) is 10.1. The van der Waals surface area contributed by atoms with Crippen LogP contribution in [-0.4, -0.2) is 51.4 Å². The van der Waals surface area contributed by atoms with E-state index in [0.29, 0.717) is 5.75 Å². The summed E-state index contributed by atoms with van der Waals surface area (Å²) in [5.41, 5.74) is 6.11. The highest BCUT2D eigenvalue weighted by Crippen LogP contribution is 2.45. The van der Waals surface area contributed by atoms with Crippen molar-refractivity contribution in [1.82, 2.24) is 4.90 Å². The molecule has 2 heterocycles. The fourth-order valence-corrected chi connectivity index (χ4v) is 6.21. The highest BCUT2D eigenvalue weighted by molar-refractivity contribution is 8.13. The largest absolute Gasteiger partial charge is 0.452 e. The monoisotopic (exact) mass is 456 g/mol. The van der Waals surface area contributed by atoms with E-state index >= 15 is 0 Å². The second-order valence-corrected chi connectivity index (χ2v) is 9.94. The Bertz CT molecular complexity index is 933. The lowest BCUT2D eigenvalue weighted by Gasteiger charge is -2.52. The molecule has 0 aliphatic carbocycles. The maximum Gasteiger partial charge on any atom is 0.324 e. The van der Waals surface area contributed by atoms with Gasteiger partial charge in [0, 0.05) is 12.3 Å². The van der Waals surface area contributed by atoms with Gasteiger partial charge in [-0.2, -0.15) is 0 Å². The number of nitrogens with two attached hydrogens (primary N) is 1. The minimum absolute atomic E-state index is 0.0121. The Morgan fingerprint density at radius 3 is 2.29 bits per heavy atom. The molecule has 0 spiro atoms. The summed E-state index contributed by atoms with van der Waals surface area (Å²) in [6, 6.07) is 18.3. The van der Waals surface area contributed by atoms with Crippen molar-refractivity contribution in [3.8, 4) is 0 Å². The van der Waals surface area contributed by atoms with Crippen molar-refractivity contribution in [1.29, 1.82) is 0 Å². The molecule has 2 aliphatic rings. The molecule has 0 aromatic heterocycles. The molecule has 2 aliphatic heterocycles. The predicted molar refractivity (Wildman–Crippen MR) is 122 cm³/mol. The standard InChI is InChI=1S/C23H24N2O4S2/c1-2-30-22(28)23(13-25-19(26)17(24)20(25)31-14-23)21(27)29-18(15-9-5-3-6-10-15)16-11-7-4-8-12-16/h3-12,17-18,20H,2,13-14,24H2,1H3/t17?,20-,23?/m1/s1. The normalized spacial score (nSPS) is 25.0. The van der Waals surface area contributed by atoms with Gasteiger partial charge in [-0.25, -0.2) is 0 Å². The lowest BCUT2D eigenvalue weighted by molar-refractivity contribution is -0.165. The average molecular weight is 457 g/mol. The lowest BCUT2D eigenvalue weighted by Crippen LogP contribution is -2.73. The summed E-state index contributed by atoms with van der Waals surface area (Å²) in [5, 5.41) is -0.453. The van der Waals surface area contributed by atoms with E-state index in [0.717, 1.165) is 22.9 Å². The SMILES string of the molecule is CCSC(=O)C1(C(=O)OC(c2ccccc2)c2ccccc2)CS[C@@H]2C(N)C(=O)N2C1. The average Bonchev–Trinajstić information content (AvgIpc) is 2.82. The minimum atomic E-state index is -1.42. The maximum absolute atomic E-state index is 13.6.